The van der Waals surface area contributed by atoms with Crippen LogP contribution in [0.1, 0.15) is 5.69 Å². The maximum Gasteiger partial charge on any atom is 0.332 e. The normalized spacial score (nSPS) is 13.3. The zero-order valence-corrected chi connectivity index (χ0v) is 15.7. The molecular formula is C15H27N5O6. The summed E-state index contributed by atoms with van der Waals surface area (Å²) in [6, 6.07) is 0. The molecule has 0 aromatic carbocycles. The lowest BCUT2D eigenvalue weighted by atomic mass is 10.3. The maximum atomic E-state index is 11.4. The molecule has 2 atom stereocenters. The van der Waals surface area contributed by atoms with Crippen LogP contribution in [-0.2, 0) is 9.47 Å². The van der Waals surface area contributed by atoms with Crippen molar-refractivity contribution in [1.82, 2.24) is 9.97 Å². The number of aliphatic hydroxyl groups is 2. The standard InChI is InChI=1S/C15H27N5O6/c1-10-13(20(23)24)14(18(2)6-11(21)8-25-4)17-15(16-10)19(3)7-12(22)9-26-5/h11-12,21-22H,6-9H2,1-5H3. The predicted molar refractivity (Wildman–Crippen MR) is 95.7 cm³/mol. The number of hydrogen-bond acceptors (Lipinski definition) is 10. The highest BCUT2D eigenvalue weighted by molar-refractivity contribution is 5.62. The highest BCUT2D eigenvalue weighted by Gasteiger charge is 2.27. The van der Waals surface area contributed by atoms with Crippen molar-refractivity contribution in [2.24, 2.45) is 0 Å². The van der Waals surface area contributed by atoms with Crippen molar-refractivity contribution in [1.29, 1.82) is 0 Å². The monoisotopic (exact) mass is 373 g/mol. The van der Waals surface area contributed by atoms with Crippen molar-refractivity contribution in [3.05, 3.63) is 15.8 Å². The molecule has 0 aliphatic carbocycles. The molecule has 2 unspecified atom stereocenters. The van der Waals surface area contributed by atoms with Crippen LogP contribution in [-0.4, -0.2) is 91.9 Å². The first kappa shape index (κ1) is 22.0. The Morgan fingerprint density at radius 3 is 2.04 bits per heavy atom. The summed E-state index contributed by atoms with van der Waals surface area (Å²) in [5.41, 5.74) is -0.0390. The molecule has 11 nitrogen and oxygen atoms in total. The Kier molecular flexibility index (Phi) is 8.58. The number of hydrogen-bond donors (Lipinski definition) is 2. The molecule has 1 rings (SSSR count). The van der Waals surface area contributed by atoms with E-state index in [-0.39, 0.29) is 49.5 Å². The van der Waals surface area contributed by atoms with Gasteiger partial charge in [0.2, 0.25) is 11.8 Å². The largest absolute Gasteiger partial charge is 0.389 e. The van der Waals surface area contributed by atoms with Gasteiger partial charge in [-0.15, -0.1) is 0 Å². The van der Waals surface area contributed by atoms with Crippen molar-refractivity contribution in [3.8, 4) is 0 Å². The second-order valence-corrected chi connectivity index (χ2v) is 6.02. The first-order valence-electron chi connectivity index (χ1n) is 8.00. The van der Waals surface area contributed by atoms with Gasteiger partial charge >= 0.3 is 5.69 Å². The summed E-state index contributed by atoms with van der Waals surface area (Å²) in [5.74, 6) is 0.312. The Morgan fingerprint density at radius 1 is 1.08 bits per heavy atom. The molecule has 0 fully saturated rings. The van der Waals surface area contributed by atoms with Gasteiger partial charge in [0.1, 0.15) is 5.69 Å². The van der Waals surface area contributed by atoms with E-state index in [1.165, 1.54) is 26.0 Å². The number of nitro groups is 1. The zero-order chi connectivity index (χ0) is 19.9. The Hall–Kier alpha value is -2.08. The van der Waals surface area contributed by atoms with E-state index in [9.17, 15) is 20.3 Å². The third-order valence-corrected chi connectivity index (χ3v) is 3.60. The number of aliphatic hydroxyl groups excluding tert-OH is 2. The summed E-state index contributed by atoms with van der Waals surface area (Å²) in [4.78, 5) is 22.4. The molecule has 0 bridgehead atoms. The van der Waals surface area contributed by atoms with Crippen LogP contribution in [0.2, 0.25) is 0 Å². The second kappa shape index (κ2) is 10.2. The lowest BCUT2D eigenvalue weighted by molar-refractivity contribution is -0.385. The molecule has 0 aliphatic heterocycles. The molecule has 0 saturated heterocycles. The number of aromatic nitrogens is 2. The topological polar surface area (TPSA) is 134 Å². The fourth-order valence-corrected chi connectivity index (χ4v) is 2.48. The Morgan fingerprint density at radius 2 is 1.58 bits per heavy atom. The van der Waals surface area contributed by atoms with Gasteiger partial charge in [-0.2, -0.15) is 4.98 Å². The van der Waals surface area contributed by atoms with Gasteiger partial charge in [-0.3, -0.25) is 10.1 Å². The minimum Gasteiger partial charge on any atom is -0.389 e. The third-order valence-electron chi connectivity index (χ3n) is 3.60. The first-order valence-corrected chi connectivity index (χ1v) is 8.00. The van der Waals surface area contributed by atoms with Crippen LogP contribution < -0.4 is 9.80 Å². The molecule has 0 amide bonds. The van der Waals surface area contributed by atoms with Gasteiger partial charge in [0, 0.05) is 41.4 Å². The highest BCUT2D eigenvalue weighted by atomic mass is 16.6. The van der Waals surface area contributed by atoms with Gasteiger partial charge in [-0.05, 0) is 6.92 Å². The van der Waals surface area contributed by atoms with E-state index in [2.05, 4.69) is 9.97 Å². The zero-order valence-electron chi connectivity index (χ0n) is 15.7. The number of methoxy groups -OCH3 is 2. The molecule has 26 heavy (non-hydrogen) atoms. The molecule has 1 heterocycles. The van der Waals surface area contributed by atoms with Gasteiger partial charge in [0.05, 0.1) is 30.3 Å². The summed E-state index contributed by atoms with van der Waals surface area (Å²) >= 11 is 0. The number of anilines is 2. The van der Waals surface area contributed by atoms with Crippen molar-refractivity contribution < 1.29 is 24.6 Å². The van der Waals surface area contributed by atoms with Gasteiger partial charge in [-0.25, -0.2) is 4.98 Å². The van der Waals surface area contributed by atoms with E-state index in [0.29, 0.717) is 0 Å². The fourth-order valence-electron chi connectivity index (χ4n) is 2.48. The van der Waals surface area contributed by atoms with Gasteiger partial charge in [0.25, 0.3) is 0 Å². The van der Waals surface area contributed by atoms with Crippen LogP contribution in [0.4, 0.5) is 17.5 Å². The first-order chi connectivity index (χ1) is 12.2. The number of rotatable bonds is 11. The highest BCUT2D eigenvalue weighted by Crippen LogP contribution is 2.30. The molecule has 0 saturated carbocycles. The number of nitrogens with zero attached hydrogens (tertiary/aromatic N) is 5. The van der Waals surface area contributed by atoms with Crippen molar-refractivity contribution in [2.75, 3.05) is 64.4 Å². The minimum absolute atomic E-state index is 0.0840. The number of aryl methyl sites for hydroxylation is 1. The van der Waals surface area contributed by atoms with Gasteiger partial charge in [0.15, 0.2) is 0 Å². The summed E-state index contributed by atoms with van der Waals surface area (Å²) in [7, 11) is 6.20. The molecule has 0 aliphatic rings. The lowest BCUT2D eigenvalue weighted by Gasteiger charge is -2.25. The van der Waals surface area contributed by atoms with Crippen LogP contribution >= 0.6 is 0 Å². The quantitative estimate of drug-likeness (QED) is 0.389. The van der Waals surface area contributed by atoms with E-state index in [1.807, 2.05) is 0 Å². The van der Waals surface area contributed by atoms with Crippen LogP contribution in [0.5, 0.6) is 0 Å². The van der Waals surface area contributed by atoms with Crippen LogP contribution in [0, 0.1) is 17.0 Å². The van der Waals surface area contributed by atoms with Crippen molar-refractivity contribution >= 4 is 17.5 Å². The van der Waals surface area contributed by atoms with Crippen LogP contribution in [0.15, 0.2) is 0 Å². The summed E-state index contributed by atoms with van der Waals surface area (Å²) < 4.78 is 9.77. The van der Waals surface area contributed by atoms with E-state index in [0.717, 1.165) is 0 Å². The third kappa shape index (κ3) is 6.02. The van der Waals surface area contributed by atoms with Crippen molar-refractivity contribution in [3.63, 3.8) is 0 Å². The molecule has 1 aromatic rings. The predicted octanol–water partition coefficient (Wildman–Crippen LogP) is -0.420. The fraction of sp³-hybridized carbons (Fsp3) is 0.733. The molecule has 2 N–H and O–H groups in total. The smallest absolute Gasteiger partial charge is 0.332 e. The molecule has 1 aromatic heterocycles. The lowest BCUT2D eigenvalue weighted by Crippen LogP contribution is -2.35. The second-order valence-electron chi connectivity index (χ2n) is 6.02. The van der Waals surface area contributed by atoms with E-state index < -0.39 is 17.1 Å². The Labute approximate surface area is 152 Å². The summed E-state index contributed by atoms with van der Waals surface area (Å²) in [5, 5.41) is 31.2. The van der Waals surface area contributed by atoms with Gasteiger partial charge in [-0.1, -0.05) is 0 Å². The average Bonchev–Trinajstić information content (AvgIpc) is 2.53. The Balaban J connectivity index is 3.16. The summed E-state index contributed by atoms with van der Waals surface area (Å²) in [6.45, 7) is 2.05. The van der Waals surface area contributed by atoms with Crippen LogP contribution in [0.3, 0.4) is 0 Å². The average molecular weight is 373 g/mol. The Bertz CT molecular complexity index is 602. The molecule has 11 heteroatoms. The van der Waals surface area contributed by atoms with E-state index in [4.69, 9.17) is 9.47 Å². The molecule has 0 radical (unpaired) electrons. The van der Waals surface area contributed by atoms with Crippen molar-refractivity contribution in [2.45, 2.75) is 19.1 Å². The maximum absolute atomic E-state index is 11.4. The van der Waals surface area contributed by atoms with Crippen LogP contribution in [0.25, 0.3) is 0 Å². The minimum atomic E-state index is -0.829. The molecule has 0 spiro atoms. The summed E-state index contributed by atoms with van der Waals surface area (Å²) in [6.07, 6.45) is -1.58. The molecule has 148 valence electrons. The van der Waals surface area contributed by atoms with E-state index in [1.54, 1.807) is 19.0 Å². The van der Waals surface area contributed by atoms with E-state index >= 15 is 0 Å². The van der Waals surface area contributed by atoms with Gasteiger partial charge < -0.3 is 29.5 Å². The SMILES string of the molecule is COCC(O)CN(C)c1nc(C)c([N+](=O)[O-])c(N(C)CC(O)COC)n1. The molecular weight excluding hydrogens is 346 g/mol. The number of ether oxygens (including phenoxy) is 2. The number of likely N-dealkylation sites (N-methyl/N-ethyl adjacent to an activating group) is 2.